The van der Waals surface area contributed by atoms with Crippen molar-refractivity contribution in [1.82, 2.24) is 4.90 Å². The van der Waals surface area contributed by atoms with Crippen LogP contribution < -0.4 is 0 Å². The Kier molecular flexibility index (Phi) is 10.9. The summed E-state index contributed by atoms with van der Waals surface area (Å²) in [6, 6.07) is 17.8. The minimum absolute atomic E-state index is 0.200. The first-order valence-electron chi connectivity index (χ1n) is 11.0. The molecule has 0 fully saturated rings. The molecule has 0 saturated heterocycles. The molecule has 3 N–H and O–H groups in total. The molecule has 0 heterocycles. The molecule has 7 nitrogen and oxygen atoms in total. The molecule has 0 radical (unpaired) electrons. The van der Waals surface area contributed by atoms with Crippen molar-refractivity contribution >= 4 is 11.9 Å². The lowest BCUT2D eigenvalue weighted by Crippen LogP contribution is -2.50. The van der Waals surface area contributed by atoms with Gasteiger partial charge in [-0.1, -0.05) is 74.0 Å². The lowest BCUT2D eigenvalue weighted by atomic mass is 9.91. The van der Waals surface area contributed by atoms with Gasteiger partial charge in [0, 0.05) is 13.1 Å². The first-order chi connectivity index (χ1) is 15.5. The average molecular weight is 444 g/mol. The van der Waals surface area contributed by atoms with Crippen molar-refractivity contribution in [3.63, 3.8) is 0 Å². The van der Waals surface area contributed by atoms with E-state index < -0.39 is 36.6 Å². The number of hydrogen-bond acceptors (Lipinski definition) is 6. The highest BCUT2D eigenvalue weighted by molar-refractivity contribution is 5.84. The van der Waals surface area contributed by atoms with Crippen LogP contribution in [0.1, 0.15) is 37.3 Å². The van der Waals surface area contributed by atoms with Crippen LogP contribution in [0.25, 0.3) is 0 Å². The van der Waals surface area contributed by atoms with Crippen LogP contribution in [-0.2, 0) is 27.4 Å². The van der Waals surface area contributed by atoms with Crippen LogP contribution in [0.5, 0.6) is 0 Å². The summed E-state index contributed by atoms with van der Waals surface area (Å²) in [5.74, 6) is -3.11. The highest BCUT2D eigenvalue weighted by Gasteiger charge is 2.40. The third kappa shape index (κ3) is 8.07. The molecule has 1 unspecified atom stereocenters. The molecule has 32 heavy (non-hydrogen) atoms. The number of carbonyl (C=O) groups excluding carboxylic acids is 1. The zero-order chi connectivity index (χ0) is 23.3. The number of aliphatic carboxylic acids is 1. The fourth-order valence-corrected chi connectivity index (χ4v) is 3.59. The number of unbranched alkanes of at least 4 members (excludes halogenated alkanes) is 1. The molecule has 0 aromatic heterocycles. The van der Waals surface area contributed by atoms with E-state index in [-0.39, 0.29) is 13.0 Å². The molecule has 7 heteroatoms. The number of esters is 1. The van der Waals surface area contributed by atoms with E-state index in [1.807, 2.05) is 67.6 Å². The van der Waals surface area contributed by atoms with Crippen molar-refractivity contribution in [2.24, 2.45) is 5.92 Å². The van der Waals surface area contributed by atoms with E-state index in [1.54, 1.807) is 4.90 Å². The van der Waals surface area contributed by atoms with Crippen molar-refractivity contribution in [3.8, 4) is 0 Å². The summed E-state index contributed by atoms with van der Waals surface area (Å²) >= 11 is 0. The molecule has 0 aliphatic rings. The monoisotopic (exact) mass is 443 g/mol. The third-order valence-electron chi connectivity index (χ3n) is 5.27. The summed E-state index contributed by atoms with van der Waals surface area (Å²) in [4.78, 5) is 27.2. The van der Waals surface area contributed by atoms with Gasteiger partial charge in [0.15, 0.2) is 0 Å². The van der Waals surface area contributed by atoms with E-state index in [9.17, 15) is 24.9 Å². The maximum Gasteiger partial charge on any atom is 0.324 e. The Hall–Kier alpha value is -2.74. The second-order valence-corrected chi connectivity index (χ2v) is 7.86. The van der Waals surface area contributed by atoms with Gasteiger partial charge in [0.1, 0.15) is 6.04 Å². The number of ether oxygens (including phenoxy) is 1. The molecule has 0 saturated carbocycles. The van der Waals surface area contributed by atoms with Gasteiger partial charge in [-0.3, -0.25) is 14.5 Å². The summed E-state index contributed by atoms with van der Waals surface area (Å²) in [6.45, 7) is 2.23. The number of rotatable bonds is 14. The van der Waals surface area contributed by atoms with Crippen LogP contribution in [0.4, 0.5) is 0 Å². The molecule has 0 bridgehead atoms. The summed E-state index contributed by atoms with van der Waals surface area (Å²) in [7, 11) is 0. The predicted molar refractivity (Wildman–Crippen MR) is 121 cm³/mol. The highest BCUT2D eigenvalue weighted by atomic mass is 16.5. The van der Waals surface area contributed by atoms with Crippen LogP contribution in [0.15, 0.2) is 60.7 Å². The fourth-order valence-electron chi connectivity index (χ4n) is 3.59. The fraction of sp³-hybridized carbons (Fsp3) is 0.440. The van der Waals surface area contributed by atoms with Crippen molar-refractivity contribution in [1.29, 1.82) is 0 Å². The number of benzene rings is 2. The average Bonchev–Trinajstić information content (AvgIpc) is 2.79. The Morgan fingerprint density at radius 3 is 1.94 bits per heavy atom. The Bertz CT molecular complexity index is 772. The minimum atomic E-state index is -1.25. The topological polar surface area (TPSA) is 107 Å². The third-order valence-corrected chi connectivity index (χ3v) is 5.27. The molecule has 3 atom stereocenters. The van der Waals surface area contributed by atoms with E-state index in [0.29, 0.717) is 19.5 Å². The second kappa shape index (κ2) is 13.6. The van der Waals surface area contributed by atoms with E-state index in [1.165, 1.54) is 0 Å². The quantitative estimate of drug-likeness (QED) is 0.304. The molecule has 174 valence electrons. The number of carboxylic acid groups (broad SMARTS) is 1. The van der Waals surface area contributed by atoms with Crippen LogP contribution in [0.3, 0.4) is 0 Å². The Labute approximate surface area is 189 Å². The zero-order valence-electron chi connectivity index (χ0n) is 18.5. The lowest BCUT2D eigenvalue weighted by molar-refractivity contribution is -0.162. The van der Waals surface area contributed by atoms with Gasteiger partial charge >= 0.3 is 11.9 Å². The molecule has 2 aromatic carbocycles. The van der Waals surface area contributed by atoms with E-state index in [4.69, 9.17) is 4.74 Å². The summed E-state index contributed by atoms with van der Waals surface area (Å²) in [5.41, 5.74) is 1.84. The standard InChI is InChI=1S/C25H33NO6/c1-2-3-14-32-25(31)23(22(24(29)30)15-21(28)18-27)26(16-19-10-6-4-7-11-19)17-20-12-8-5-9-13-20/h4-13,21-23,27-28H,2-3,14-18H2,1H3,(H,29,30)/t21?,22-,23-/m0/s1. The number of carboxylic acids is 1. The molecule has 0 amide bonds. The number of hydrogen-bond donors (Lipinski definition) is 3. The maximum atomic E-state index is 13.2. The van der Waals surface area contributed by atoms with Crippen LogP contribution in [0.2, 0.25) is 0 Å². The smallest absolute Gasteiger partial charge is 0.324 e. The Morgan fingerprint density at radius 2 is 1.50 bits per heavy atom. The summed E-state index contributed by atoms with van der Waals surface area (Å²) < 4.78 is 5.46. The van der Waals surface area contributed by atoms with E-state index in [0.717, 1.165) is 17.5 Å². The number of aliphatic hydroxyl groups excluding tert-OH is 2. The number of nitrogens with zero attached hydrogens (tertiary/aromatic N) is 1. The molecule has 0 spiro atoms. The number of aliphatic hydroxyl groups is 2. The van der Waals surface area contributed by atoms with Gasteiger partial charge in [0.05, 0.1) is 25.2 Å². The highest BCUT2D eigenvalue weighted by Crippen LogP contribution is 2.24. The molecule has 2 aromatic rings. The molecule has 2 rings (SSSR count). The lowest BCUT2D eigenvalue weighted by Gasteiger charge is -2.34. The first kappa shape index (κ1) is 25.5. The Balaban J connectivity index is 2.44. The van der Waals surface area contributed by atoms with Crippen molar-refractivity contribution in [2.45, 2.75) is 51.4 Å². The van der Waals surface area contributed by atoms with Gasteiger partial charge in [0.25, 0.3) is 0 Å². The molecular formula is C25H33NO6. The number of carbonyl (C=O) groups is 2. The Morgan fingerprint density at radius 1 is 0.969 bits per heavy atom. The summed E-state index contributed by atoms with van der Waals surface area (Å²) in [6.07, 6.45) is -0.00884. The van der Waals surface area contributed by atoms with E-state index >= 15 is 0 Å². The van der Waals surface area contributed by atoms with E-state index in [2.05, 4.69) is 0 Å². The van der Waals surface area contributed by atoms with Gasteiger partial charge in [0.2, 0.25) is 0 Å². The van der Waals surface area contributed by atoms with Gasteiger partial charge < -0.3 is 20.1 Å². The van der Waals surface area contributed by atoms with Crippen molar-refractivity contribution in [2.75, 3.05) is 13.2 Å². The molecule has 0 aliphatic carbocycles. The SMILES string of the molecule is CCCCOC(=O)[C@H]([C@H](CC(O)CO)C(=O)O)N(Cc1ccccc1)Cc1ccccc1. The van der Waals surface area contributed by atoms with Gasteiger partial charge in [-0.05, 0) is 24.0 Å². The van der Waals surface area contributed by atoms with Crippen molar-refractivity contribution < 1.29 is 29.6 Å². The normalized spacial score (nSPS) is 14.0. The van der Waals surface area contributed by atoms with Gasteiger partial charge in [-0.15, -0.1) is 0 Å². The van der Waals surface area contributed by atoms with Crippen LogP contribution in [0, 0.1) is 5.92 Å². The van der Waals surface area contributed by atoms with Crippen LogP contribution >= 0.6 is 0 Å². The van der Waals surface area contributed by atoms with Gasteiger partial charge in [-0.25, -0.2) is 0 Å². The molecule has 0 aliphatic heterocycles. The minimum Gasteiger partial charge on any atom is -0.481 e. The first-order valence-corrected chi connectivity index (χ1v) is 11.0. The largest absolute Gasteiger partial charge is 0.481 e. The second-order valence-electron chi connectivity index (χ2n) is 7.86. The maximum absolute atomic E-state index is 13.2. The molecular weight excluding hydrogens is 410 g/mol. The van der Waals surface area contributed by atoms with Crippen LogP contribution in [-0.4, -0.2) is 57.5 Å². The summed E-state index contributed by atoms with van der Waals surface area (Å²) in [5, 5.41) is 29.3. The van der Waals surface area contributed by atoms with Crippen molar-refractivity contribution in [3.05, 3.63) is 71.8 Å². The predicted octanol–water partition coefficient (Wildman–Crippen LogP) is 2.84. The van der Waals surface area contributed by atoms with Gasteiger partial charge in [-0.2, -0.15) is 0 Å². The zero-order valence-corrected chi connectivity index (χ0v) is 18.5.